The van der Waals surface area contributed by atoms with Crippen LogP contribution in [0.3, 0.4) is 0 Å². The molecule has 0 aromatic heterocycles. The summed E-state index contributed by atoms with van der Waals surface area (Å²) in [6.45, 7) is 0.148. The molecular weight excluding hydrogens is 332 g/mol. The van der Waals surface area contributed by atoms with Gasteiger partial charge < -0.3 is 9.84 Å². The predicted molar refractivity (Wildman–Crippen MR) is 109 cm³/mol. The van der Waals surface area contributed by atoms with Crippen LogP contribution in [0.5, 0.6) is 5.75 Å². The lowest BCUT2D eigenvalue weighted by atomic mass is 9.46. The fourth-order valence-electron chi connectivity index (χ4n) is 4.96. The maximum atomic E-state index is 10.7. The molecule has 0 saturated heterocycles. The highest BCUT2D eigenvalue weighted by atomic mass is 16.5. The van der Waals surface area contributed by atoms with Crippen molar-refractivity contribution in [3.8, 4) is 5.75 Å². The summed E-state index contributed by atoms with van der Waals surface area (Å²) >= 11 is 0. The molecular formula is C25H26O2. The van der Waals surface area contributed by atoms with Crippen LogP contribution in [0.2, 0.25) is 0 Å². The molecule has 1 fully saturated rings. The van der Waals surface area contributed by atoms with E-state index in [-0.39, 0.29) is 12.0 Å². The number of aliphatic hydroxyl groups excluding tert-OH is 1. The Hall–Kier alpha value is -2.58. The highest BCUT2D eigenvalue weighted by Gasteiger charge is 2.58. The maximum absolute atomic E-state index is 10.7. The van der Waals surface area contributed by atoms with E-state index in [0.717, 1.165) is 30.6 Å². The Balaban J connectivity index is 2.13. The molecule has 1 N–H and O–H groups in total. The first-order valence-corrected chi connectivity index (χ1v) is 9.64. The highest BCUT2D eigenvalue weighted by molar-refractivity contribution is 5.58. The fourth-order valence-corrected chi connectivity index (χ4v) is 4.96. The molecule has 27 heavy (non-hydrogen) atoms. The highest BCUT2D eigenvalue weighted by Crippen LogP contribution is 2.62. The van der Waals surface area contributed by atoms with E-state index in [1.165, 1.54) is 11.1 Å². The summed E-state index contributed by atoms with van der Waals surface area (Å²) in [5.41, 5.74) is 2.82. The second-order valence-electron chi connectivity index (χ2n) is 7.47. The summed E-state index contributed by atoms with van der Waals surface area (Å²) in [7, 11) is 1.73. The average molecular weight is 358 g/mol. The number of hydrogen-bond donors (Lipinski definition) is 1. The summed E-state index contributed by atoms with van der Waals surface area (Å²) < 4.78 is 5.82. The van der Waals surface area contributed by atoms with Crippen LogP contribution in [0.1, 0.15) is 36.0 Å². The lowest BCUT2D eigenvalue weighted by Crippen LogP contribution is -2.54. The largest absolute Gasteiger partial charge is 0.496 e. The minimum Gasteiger partial charge on any atom is -0.496 e. The van der Waals surface area contributed by atoms with Gasteiger partial charge in [0.25, 0.3) is 0 Å². The Kier molecular flexibility index (Phi) is 4.75. The molecule has 0 aliphatic heterocycles. The van der Waals surface area contributed by atoms with Crippen molar-refractivity contribution in [2.24, 2.45) is 5.41 Å². The van der Waals surface area contributed by atoms with Gasteiger partial charge in [-0.3, -0.25) is 0 Å². The lowest BCUT2D eigenvalue weighted by molar-refractivity contribution is -0.00362. The first-order chi connectivity index (χ1) is 13.3. The molecule has 2 nitrogen and oxygen atoms in total. The number of benzene rings is 3. The molecule has 0 atom stereocenters. The topological polar surface area (TPSA) is 29.5 Å². The normalized spacial score (nSPS) is 15.8. The first-order valence-electron chi connectivity index (χ1n) is 9.64. The second kappa shape index (κ2) is 7.21. The predicted octanol–water partition coefficient (Wildman–Crippen LogP) is 5.19. The molecule has 0 spiro atoms. The molecule has 4 rings (SSSR count). The van der Waals surface area contributed by atoms with Crippen molar-refractivity contribution < 1.29 is 9.84 Å². The third-order valence-electron chi connectivity index (χ3n) is 6.33. The molecule has 0 unspecified atom stereocenters. The van der Waals surface area contributed by atoms with E-state index in [0.29, 0.717) is 0 Å². The second-order valence-corrected chi connectivity index (χ2v) is 7.47. The zero-order valence-electron chi connectivity index (χ0n) is 15.8. The Morgan fingerprint density at radius 2 is 1.33 bits per heavy atom. The minimum atomic E-state index is -0.463. The third kappa shape index (κ3) is 2.59. The van der Waals surface area contributed by atoms with E-state index >= 15 is 0 Å². The number of methoxy groups -OCH3 is 1. The van der Waals surface area contributed by atoms with Gasteiger partial charge in [0.05, 0.1) is 19.1 Å². The van der Waals surface area contributed by atoms with Gasteiger partial charge in [0.15, 0.2) is 0 Å². The zero-order chi connectivity index (χ0) is 18.7. The lowest BCUT2D eigenvalue weighted by Gasteiger charge is -2.56. The van der Waals surface area contributed by atoms with Crippen molar-refractivity contribution >= 4 is 0 Å². The van der Waals surface area contributed by atoms with Gasteiger partial charge in [0, 0.05) is 11.0 Å². The Morgan fingerprint density at radius 1 is 0.815 bits per heavy atom. The van der Waals surface area contributed by atoms with Crippen molar-refractivity contribution in [2.75, 3.05) is 13.7 Å². The molecule has 0 bridgehead atoms. The SMILES string of the molecule is COc1ccccc1C(c1ccccc1)(c1ccccc1)C1(CO)CCC1. The van der Waals surface area contributed by atoms with Gasteiger partial charge in [-0.25, -0.2) is 0 Å². The van der Waals surface area contributed by atoms with Gasteiger partial charge in [0.1, 0.15) is 5.75 Å². The van der Waals surface area contributed by atoms with Crippen molar-refractivity contribution in [3.63, 3.8) is 0 Å². The first kappa shape index (κ1) is 17.8. The standard InChI is InChI=1S/C25H26O2/c1-27-23-16-9-8-15-22(23)25(20-11-4-2-5-12-20,21-13-6-3-7-14-21)24(19-26)17-10-18-24/h2-9,11-16,26H,10,17-19H2,1H3. The third-order valence-corrected chi connectivity index (χ3v) is 6.33. The maximum Gasteiger partial charge on any atom is 0.123 e. The van der Waals surface area contributed by atoms with Crippen LogP contribution in [0.25, 0.3) is 0 Å². The van der Waals surface area contributed by atoms with Crippen LogP contribution >= 0.6 is 0 Å². The van der Waals surface area contributed by atoms with Crippen LogP contribution in [0, 0.1) is 5.41 Å². The number of hydrogen-bond acceptors (Lipinski definition) is 2. The Morgan fingerprint density at radius 3 is 1.78 bits per heavy atom. The van der Waals surface area contributed by atoms with Crippen molar-refractivity contribution in [2.45, 2.75) is 24.7 Å². The van der Waals surface area contributed by atoms with Gasteiger partial charge in [-0.05, 0) is 30.0 Å². The van der Waals surface area contributed by atoms with Crippen molar-refractivity contribution in [1.29, 1.82) is 0 Å². The summed E-state index contributed by atoms with van der Waals surface area (Å²) in [5, 5.41) is 10.7. The molecule has 0 heterocycles. The van der Waals surface area contributed by atoms with Gasteiger partial charge in [-0.1, -0.05) is 85.3 Å². The van der Waals surface area contributed by atoms with E-state index in [2.05, 4.69) is 60.7 Å². The summed E-state index contributed by atoms with van der Waals surface area (Å²) in [6.07, 6.45) is 3.12. The summed E-state index contributed by atoms with van der Waals surface area (Å²) in [4.78, 5) is 0. The number of para-hydroxylation sites is 1. The number of rotatable bonds is 6. The van der Waals surface area contributed by atoms with E-state index in [9.17, 15) is 5.11 Å². The monoisotopic (exact) mass is 358 g/mol. The number of aliphatic hydroxyl groups is 1. The smallest absolute Gasteiger partial charge is 0.123 e. The van der Waals surface area contributed by atoms with E-state index < -0.39 is 5.41 Å². The Bertz CT molecular complexity index is 837. The molecule has 0 amide bonds. The van der Waals surface area contributed by atoms with Crippen LogP contribution in [0.4, 0.5) is 0 Å². The van der Waals surface area contributed by atoms with Gasteiger partial charge >= 0.3 is 0 Å². The van der Waals surface area contributed by atoms with Crippen LogP contribution in [-0.4, -0.2) is 18.8 Å². The average Bonchev–Trinajstić information content (AvgIpc) is 2.72. The number of ether oxygens (including phenoxy) is 1. The molecule has 138 valence electrons. The molecule has 1 saturated carbocycles. The van der Waals surface area contributed by atoms with Crippen LogP contribution in [-0.2, 0) is 5.41 Å². The van der Waals surface area contributed by atoms with E-state index in [1.54, 1.807) is 7.11 Å². The molecule has 1 aliphatic rings. The van der Waals surface area contributed by atoms with Crippen LogP contribution in [0.15, 0.2) is 84.9 Å². The van der Waals surface area contributed by atoms with E-state index in [4.69, 9.17) is 4.74 Å². The summed E-state index contributed by atoms with van der Waals surface area (Å²) in [6, 6.07) is 29.5. The molecule has 3 aromatic carbocycles. The molecule has 3 aromatic rings. The molecule has 2 heteroatoms. The Labute approximate surface area is 161 Å². The van der Waals surface area contributed by atoms with Gasteiger partial charge in [-0.15, -0.1) is 0 Å². The quantitative estimate of drug-likeness (QED) is 0.614. The fraction of sp³-hybridized carbons (Fsp3) is 0.280. The van der Waals surface area contributed by atoms with Gasteiger partial charge in [0.2, 0.25) is 0 Å². The minimum absolute atomic E-state index is 0.148. The van der Waals surface area contributed by atoms with Crippen molar-refractivity contribution in [3.05, 3.63) is 102 Å². The summed E-state index contributed by atoms with van der Waals surface area (Å²) in [5.74, 6) is 0.866. The van der Waals surface area contributed by atoms with Crippen molar-refractivity contribution in [1.82, 2.24) is 0 Å². The van der Waals surface area contributed by atoms with Gasteiger partial charge in [-0.2, -0.15) is 0 Å². The zero-order valence-corrected chi connectivity index (χ0v) is 15.8. The molecule has 1 aliphatic carbocycles. The molecule has 0 radical (unpaired) electrons. The van der Waals surface area contributed by atoms with E-state index in [1.807, 2.05) is 24.3 Å². The van der Waals surface area contributed by atoms with Crippen LogP contribution < -0.4 is 4.74 Å².